The molecule has 2 heterocycles. The molecule has 0 aliphatic heterocycles. The minimum absolute atomic E-state index is 0.0150. The zero-order valence-electron chi connectivity index (χ0n) is 23.2. The number of pyridine rings is 1. The van der Waals surface area contributed by atoms with Gasteiger partial charge in [0.2, 0.25) is 5.95 Å². The summed E-state index contributed by atoms with van der Waals surface area (Å²) in [7, 11) is 0. The van der Waals surface area contributed by atoms with Gasteiger partial charge < -0.3 is 20.7 Å². The van der Waals surface area contributed by atoms with Crippen molar-refractivity contribution in [3.05, 3.63) is 124 Å². The van der Waals surface area contributed by atoms with Gasteiger partial charge in [0.1, 0.15) is 0 Å². The number of amides is 2. The third-order valence-electron chi connectivity index (χ3n) is 6.29. The molecule has 2 aromatic heterocycles. The minimum atomic E-state index is -0.817. The maximum atomic E-state index is 12.9. The van der Waals surface area contributed by atoms with E-state index in [1.807, 2.05) is 25.1 Å². The number of aromatic nitrogens is 3. The van der Waals surface area contributed by atoms with E-state index in [-0.39, 0.29) is 21.5 Å². The van der Waals surface area contributed by atoms with Crippen molar-refractivity contribution >= 4 is 64.0 Å². The number of anilines is 4. The molecule has 0 aliphatic carbocycles. The van der Waals surface area contributed by atoms with E-state index in [9.17, 15) is 14.4 Å². The Balaban J connectivity index is 1.17. The number of benzene rings is 3. The third kappa shape index (κ3) is 7.54. The van der Waals surface area contributed by atoms with Crippen LogP contribution in [0.2, 0.25) is 10.0 Å². The Kier molecular flexibility index (Phi) is 9.43. The monoisotopic (exact) mass is 626 g/mol. The number of halogens is 2. The van der Waals surface area contributed by atoms with Crippen LogP contribution >= 0.6 is 23.2 Å². The van der Waals surface area contributed by atoms with Crippen LogP contribution in [0.25, 0.3) is 11.3 Å². The van der Waals surface area contributed by atoms with Crippen molar-refractivity contribution in [1.82, 2.24) is 15.0 Å². The van der Waals surface area contributed by atoms with E-state index in [0.717, 1.165) is 22.5 Å². The average molecular weight is 627 g/mol. The highest BCUT2D eigenvalue weighted by Gasteiger charge is 2.17. The molecule has 2 amide bonds. The zero-order chi connectivity index (χ0) is 31.1. The number of nitrogens with zero attached hydrogens (tertiary/aromatic N) is 3. The molecule has 0 atom stereocenters. The standard InChI is InChI=1S/C32H24Cl2N6O4/c1-19-7-10-23(16-27(19)40-32-36-15-13-26(39-32)21-4-3-14-35-17-21)38-30(42)20-8-11-22(12-9-20)37-28(41)18-44-31(43)29-24(33)5-2-6-25(29)34/h2-17H,18H2,1H3,(H,37,41)(H,38,42)(H,36,39,40). The van der Waals surface area contributed by atoms with Crippen LogP contribution in [-0.4, -0.2) is 39.3 Å². The Morgan fingerprint density at radius 3 is 2.32 bits per heavy atom. The van der Waals surface area contributed by atoms with Gasteiger partial charge in [-0.25, -0.2) is 14.8 Å². The molecule has 220 valence electrons. The van der Waals surface area contributed by atoms with Crippen molar-refractivity contribution in [1.29, 1.82) is 0 Å². The van der Waals surface area contributed by atoms with Gasteiger partial charge in [0.15, 0.2) is 6.61 Å². The van der Waals surface area contributed by atoms with Gasteiger partial charge in [0.25, 0.3) is 11.8 Å². The molecule has 0 aliphatic rings. The van der Waals surface area contributed by atoms with Crippen molar-refractivity contribution < 1.29 is 19.1 Å². The first-order valence-corrected chi connectivity index (χ1v) is 14.0. The van der Waals surface area contributed by atoms with Crippen molar-refractivity contribution in [2.75, 3.05) is 22.6 Å². The Bertz CT molecular complexity index is 1820. The molecule has 0 fully saturated rings. The fourth-order valence-corrected chi connectivity index (χ4v) is 4.60. The highest BCUT2D eigenvalue weighted by Crippen LogP contribution is 2.26. The molecule has 0 unspecified atom stereocenters. The Morgan fingerprint density at radius 1 is 0.841 bits per heavy atom. The second-order valence-corrected chi connectivity index (χ2v) is 10.2. The number of esters is 1. The summed E-state index contributed by atoms with van der Waals surface area (Å²) in [4.78, 5) is 50.6. The molecular weight excluding hydrogens is 603 g/mol. The number of aryl methyl sites for hydroxylation is 1. The van der Waals surface area contributed by atoms with Gasteiger partial charge in [-0.2, -0.15) is 0 Å². The van der Waals surface area contributed by atoms with Gasteiger partial charge in [-0.1, -0.05) is 35.3 Å². The average Bonchev–Trinajstić information content (AvgIpc) is 3.02. The highest BCUT2D eigenvalue weighted by atomic mass is 35.5. The maximum Gasteiger partial charge on any atom is 0.341 e. The summed E-state index contributed by atoms with van der Waals surface area (Å²) in [5.74, 6) is -1.34. The summed E-state index contributed by atoms with van der Waals surface area (Å²) in [5.41, 5.74) is 4.56. The number of ether oxygens (including phenoxy) is 1. The fraction of sp³-hybridized carbons (Fsp3) is 0.0625. The molecule has 0 saturated heterocycles. The van der Waals surface area contributed by atoms with Crippen molar-refractivity contribution in [2.45, 2.75) is 6.92 Å². The molecule has 5 aromatic rings. The predicted octanol–water partition coefficient (Wildman–Crippen LogP) is 6.95. The lowest BCUT2D eigenvalue weighted by Gasteiger charge is -2.12. The maximum absolute atomic E-state index is 12.9. The topological polar surface area (TPSA) is 135 Å². The molecule has 0 bridgehead atoms. The van der Waals surface area contributed by atoms with E-state index in [4.69, 9.17) is 27.9 Å². The molecule has 5 rings (SSSR count). The van der Waals surface area contributed by atoms with E-state index in [1.54, 1.807) is 67.1 Å². The van der Waals surface area contributed by atoms with Gasteiger partial charge >= 0.3 is 5.97 Å². The van der Waals surface area contributed by atoms with Crippen molar-refractivity contribution in [3.63, 3.8) is 0 Å². The quantitative estimate of drug-likeness (QED) is 0.150. The summed E-state index contributed by atoms with van der Waals surface area (Å²) in [6, 6.07) is 21.8. The first-order valence-electron chi connectivity index (χ1n) is 13.2. The van der Waals surface area contributed by atoms with Crippen LogP contribution in [0.1, 0.15) is 26.3 Å². The lowest BCUT2D eigenvalue weighted by molar-refractivity contribution is -0.119. The second kappa shape index (κ2) is 13.8. The van der Waals surface area contributed by atoms with E-state index < -0.39 is 18.5 Å². The van der Waals surface area contributed by atoms with Crippen LogP contribution in [0.3, 0.4) is 0 Å². The summed E-state index contributed by atoms with van der Waals surface area (Å²) < 4.78 is 5.03. The smallest absolute Gasteiger partial charge is 0.341 e. The minimum Gasteiger partial charge on any atom is -0.452 e. The lowest BCUT2D eigenvalue weighted by Crippen LogP contribution is -2.21. The van der Waals surface area contributed by atoms with Crippen LogP contribution in [0.4, 0.5) is 23.0 Å². The molecule has 0 saturated carbocycles. The van der Waals surface area contributed by atoms with Gasteiger partial charge in [-0.3, -0.25) is 14.6 Å². The summed E-state index contributed by atoms with van der Waals surface area (Å²) in [5, 5.41) is 8.94. The number of carbonyl (C=O) groups excluding carboxylic acids is 3. The van der Waals surface area contributed by atoms with E-state index in [2.05, 4.69) is 30.9 Å². The predicted molar refractivity (Wildman–Crippen MR) is 169 cm³/mol. The normalized spacial score (nSPS) is 10.5. The lowest BCUT2D eigenvalue weighted by atomic mass is 10.1. The Labute approximate surface area is 262 Å². The van der Waals surface area contributed by atoms with Crippen LogP contribution in [-0.2, 0) is 9.53 Å². The van der Waals surface area contributed by atoms with Gasteiger partial charge in [0, 0.05) is 46.8 Å². The summed E-state index contributed by atoms with van der Waals surface area (Å²) in [6.45, 7) is 1.38. The largest absolute Gasteiger partial charge is 0.452 e. The van der Waals surface area contributed by atoms with Crippen LogP contribution in [0.15, 0.2) is 97.5 Å². The number of hydrogen-bond donors (Lipinski definition) is 3. The molecule has 12 heteroatoms. The van der Waals surface area contributed by atoms with Crippen LogP contribution < -0.4 is 16.0 Å². The van der Waals surface area contributed by atoms with Gasteiger partial charge in [0.05, 0.1) is 21.3 Å². The Morgan fingerprint density at radius 2 is 1.59 bits per heavy atom. The molecule has 3 N–H and O–H groups in total. The SMILES string of the molecule is Cc1ccc(NC(=O)c2ccc(NC(=O)COC(=O)c3c(Cl)cccc3Cl)cc2)cc1Nc1nccc(-c2cccnc2)n1. The van der Waals surface area contributed by atoms with Crippen molar-refractivity contribution in [3.8, 4) is 11.3 Å². The Hall–Kier alpha value is -5.32. The number of hydrogen-bond acceptors (Lipinski definition) is 8. The molecule has 0 radical (unpaired) electrons. The molecule has 44 heavy (non-hydrogen) atoms. The molecule has 3 aromatic carbocycles. The molecular formula is C32H24Cl2N6O4. The highest BCUT2D eigenvalue weighted by molar-refractivity contribution is 6.39. The zero-order valence-corrected chi connectivity index (χ0v) is 24.7. The fourth-order valence-electron chi connectivity index (χ4n) is 4.05. The first-order chi connectivity index (χ1) is 21.3. The second-order valence-electron chi connectivity index (χ2n) is 9.41. The van der Waals surface area contributed by atoms with Gasteiger partial charge in [-0.15, -0.1) is 0 Å². The van der Waals surface area contributed by atoms with Crippen LogP contribution in [0.5, 0.6) is 0 Å². The first kappa shape index (κ1) is 30.1. The molecule has 10 nitrogen and oxygen atoms in total. The van der Waals surface area contributed by atoms with Crippen LogP contribution in [0, 0.1) is 6.92 Å². The summed E-state index contributed by atoms with van der Waals surface area (Å²) >= 11 is 12.0. The summed E-state index contributed by atoms with van der Waals surface area (Å²) in [6.07, 6.45) is 5.08. The third-order valence-corrected chi connectivity index (χ3v) is 6.92. The van der Waals surface area contributed by atoms with E-state index >= 15 is 0 Å². The van der Waals surface area contributed by atoms with E-state index in [0.29, 0.717) is 22.9 Å². The molecule has 0 spiro atoms. The number of nitrogens with one attached hydrogen (secondary N) is 3. The van der Waals surface area contributed by atoms with E-state index in [1.165, 1.54) is 12.1 Å². The number of rotatable bonds is 9. The van der Waals surface area contributed by atoms with Gasteiger partial charge in [-0.05, 0) is 79.2 Å². The number of carbonyl (C=O) groups is 3. The van der Waals surface area contributed by atoms with Crippen molar-refractivity contribution in [2.24, 2.45) is 0 Å².